The minimum absolute atomic E-state index is 0.453. The molecule has 2 unspecified atom stereocenters. The predicted molar refractivity (Wildman–Crippen MR) is 67.2 cm³/mol. The zero-order valence-electron chi connectivity index (χ0n) is 9.72. The Kier molecular flexibility index (Phi) is 5.40. The van der Waals surface area contributed by atoms with Crippen LogP contribution in [0.25, 0.3) is 0 Å². The Morgan fingerprint density at radius 2 is 2.20 bits per heavy atom. The number of nitrogens with one attached hydrogen (secondary N) is 1. The molecule has 0 amide bonds. The maximum atomic E-state index is 5.46. The second kappa shape index (κ2) is 6.33. The van der Waals surface area contributed by atoms with Gasteiger partial charge < -0.3 is 9.73 Å². The van der Waals surface area contributed by atoms with Gasteiger partial charge in [0.1, 0.15) is 5.76 Å². The smallest absolute Gasteiger partial charge is 0.120 e. The van der Waals surface area contributed by atoms with Gasteiger partial charge in [-0.2, -0.15) is 0 Å². The first-order chi connectivity index (χ1) is 7.15. The third-order valence-electron chi connectivity index (χ3n) is 2.54. The number of hydrogen-bond donors (Lipinski definition) is 1. The molecule has 0 saturated heterocycles. The standard InChI is InChI=1S/C12H20BrNO/c1-4-6-14-10(3)8-9(2)12-11(13)5-7-15-12/h5,7,9-10,14H,4,6,8H2,1-3H3. The van der Waals surface area contributed by atoms with Crippen molar-refractivity contribution in [2.75, 3.05) is 6.54 Å². The predicted octanol–water partition coefficient (Wildman–Crippen LogP) is 3.92. The largest absolute Gasteiger partial charge is 0.468 e. The van der Waals surface area contributed by atoms with Crippen LogP contribution >= 0.6 is 15.9 Å². The van der Waals surface area contributed by atoms with E-state index in [1.54, 1.807) is 6.26 Å². The molecule has 0 aromatic carbocycles. The van der Waals surface area contributed by atoms with E-state index in [2.05, 4.69) is 42.0 Å². The topological polar surface area (TPSA) is 25.2 Å². The van der Waals surface area contributed by atoms with Crippen LogP contribution in [0.3, 0.4) is 0 Å². The molecule has 0 bridgehead atoms. The maximum absolute atomic E-state index is 5.46. The minimum Gasteiger partial charge on any atom is -0.468 e. The molecule has 0 aliphatic rings. The van der Waals surface area contributed by atoms with Crippen LogP contribution in [-0.4, -0.2) is 12.6 Å². The highest BCUT2D eigenvalue weighted by atomic mass is 79.9. The van der Waals surface area contributed by atoms with Gasteiger partial charge in [-0.1, -0.05) is 13.8 Å². The summed E-state index contributed by atoms with van der Waals surface area (Å²) in [5.41, 5.74) is 0. The summed E-state index contributed by atoms with van der Waals surface area (Å²) < 4.78 is 6.54. The van der Waals surface area contributed by atoms with Gasteiger partial charge in [-0.3, -0.25) is 0 Å². The molecule has 2 nitrogen and oxygen atoms in total. The van der Waals surface area contributed by atoms with Crippen LogP contribution in [0.1, 0.15) is 45.3 Å². The van der Waals surface area contributed by atoms with Gasteiger partial charge in [0.05, 0.1) is 10.7 Å². The average Bonchev–Trinajstić information content (AvgIpc) is 2.61. The molecule has 1 aromatic rings. The van der Waals surface area contributed by atoms with Crippen molar-refractivity contribution in [3.05, 3.63) is 22.6 Å². The normalized spacial score (nSPS) is 15.2. The lowest BCUT2D eigenvalue weighted by Crippen LogP contribution is -2.27. The molecule has 86 valence electrons. The minimum atomic E-state index is 0.453. The van der Waals surface area contributed by atoms with Crippen molar-refractivity contribution in [3.8, 4) is 0 Å². The monoisotopic (exact) mass is 273 g/mol. The number of furan rings is 1. The van der Waals surface area contributed by atoms with Gasteiger partial charge in [0, 0.05) is 12.0 Å². The van der Waals surface area contributed by atoms with E-state index >= 15 is 0 Å². The summed E-state index contributed by atoms with van der Waals surface area (Å²) in [7, 11) is 0. The first-order valence-electron chi connectivity index (χ1n) is 5.61. The molecule has 1 rings (SSSR count). The first-order valence-corrected chi connectivity index (χ1v) is 6.40. The summed E-state index contributed by atoms with van der Waals surface area (Å²) in [6, 6.07) is 2.49. The molecule has 0 fully saturated rings. The SMILES string of the molecule is CCCNC(C)CC(C)c1occc1Br. The van der Waals surface area contributed by atoms with Crippen LogP contribution in [0, 0.1) is 0 Å². The molecule has 0 aliphatic heterocycles. The summed E-state index contributed by atoms with van der Waals surface area (Å²) >= 11 is 3.50. The highest BCUT2D eigenvalue weighted by molar-refractivity contribution is 9.10. The van der Waals surface area contributed by atoms with Crippen molar-refractivity contribution in [2.24, 2.45) is 0 Å². The second-order valence-electron chi connectivity index (χ2n) is 4.12. The third-order valence-corrected chi connectivity index (χ3v) is 3.20. The van der Waals surface area contributed by atoms with E-state index in [9.17, 15) is 0 Å². The molecule has 1 heterocycles. The summed E-state index contributed by atoms with van der Waals surface area (Å²) in [6.07, 6.45) is 4.02. The summed E-state index contributed by atoms with van der Waals surface area (Å²) in [6.45, 7) is 7.70. The van der Waals surface area contributed by atoms with Crippen molar-refractivity contribution in [2.45, 2.75) is 45.6 Å². The van der Waals surface area contributed by atoms with E-state index < -0.39 is 0 Å². The Hall–Kier alpha value is -0.280. The zero-order valence-corrected chi connectivity index (χ0v) is 11.3. The molecule has 0 spiro atoms. The first kappa shape index (κ1) is 12.8. The molecule has 0 saturated carbocycles. The van der Waals surface area contributed by atoms with E-state index in [-0.39, 0.29) is 0 Å². The summed E-state index contributed by atoms with van der Waals surface area (Å²) in [5, 5.41) is 3.49. The Morgan fingerprint density at radius 1 is 1.47 bits per heavy atom. The molecular formula is C12H20BrNO. The average molecular weight is 274 g/mol. The van der Waals surface area contributed by atoms with Crippen LogP contribution in [0.2, 0.25) is 0 Å². The van der Waals surface area contributed by atoms with Crippen LogP contribution < -0.4 is 5.32 Å². The lowest BCUT2D eigenvalue weighted by Gasteiger charge is -2.17. The molecule has 2 atom stereocenters. The molecule has 0 radical (unpaired) electrons. The van der Waals surface area contributed by atoms with E-state index in [0.717, 1.165) is 23.2 Å². The number of rotatable bonds is 6. The van der Waals surface area contributed by atoms with Crippen molar-refractivity contribution in [1.29, 1.82) is 0 Å². The van der Waals surface area contributed by atoms with Crippen LogP contribution in [0.15, 0.2) is 21.2 Å². The van der Waals surface area contributed by atoms with E-state index in [0.29, 0.717) is 12.0 Å². The quantitative estimate of drug-likeness (QED) is 0.850. The fourth-order valence-electron chi connectivity index (χ4n) is 1.77. The molecule has 0 aliphatic carbocycles. The highest BCUT2D eigenvalue weighted by Gasteiger charge is 2.15. The van der Waals surface area contributed by atoms with Crippen LogP contribution in [-0.2, 0) is 0 Å². The Bertz CT molecular complexity index is 285. The number of hydrogen-bond acceptors (Lipinski definition) is 2. The van der Waals surface area contributed by atoms with Gasteiger partial charge in [0.2, 0.25) is 0 Å². The van der Waals surface area contributed by atoms with E-state index in [1.165, 1.54) is 6.42 Å². The molecule has 1 aromatic heterocycles. The lowest BCUT2D eigenvalue weighted by atomic mass is 10.0. The molecule has 1 N–H and O–H groups in total. The molecular weight excluding hydrogens is 254 g/mol. The van der Waals surface area contributed by atoms with Gasteiger partial charge in [0.15, 0.2) is 0 Å². The summed E-state index contributed by atoms with van der Waals surface area (Å²) in [4.78, 5) is 0. The van der Waals surface area contributed by atoms with Gasteiger partial charge >= 0.3 is 0 Å². The third kappa shape index (κ3) is 3.99. The van der Waals surface area contributed by atoms with Crippen molar-refractivity contribution in [1.82, 2.24) is 5.32 Å². The lowest BCUT2D eigenvalue weighted by molar-refractivity contribution is 0.415. The fraction of sp³-hybridized carbons (Fsp3) is 0.667. The van der Waals surface area contributed by atoms with Crippen molar-refractivity contribution in [3.63, 3.8) is 0 Å². The van der Waals surface area contributed by atoms with Crippen molar-refractivity contribution < 1.29 is 4.42 Å². The van der Waals surface area contributed by atoms with E-state index in [1.807, 2.05) is 6.07 Å². The molecule has 15 heavy (non-hydrogen) atoms. The van der Waals surface area contributed by atoms with Gasteiger partial charge in [0.25, 0.3) is 0 Å². The number of halogens is 1. The fourth-order valence-corrected chi connectivity index (χ4v) is 2.36. The Labute approximate surface area is 101 Å². The summed E-state index contributed by atoms with van der Waals surface area (Å²) in [5.74, 6) is 1.51. The van der Waals surface area contributed by atoms with E-state index in [4.69, 9.17) is 4.42 Å². The Balaban J connectivity index is 2.42. The second-order valence-corrected chi connectivity index (χ2v) is 4.98. The molecule has 3 heteroatoms. The maximum Gasteiger partial charge on any atom is 0.120 e. The van der Waals surface area contributed by atoms with Gasteiger partial charge in [-0.15, -0.1) is 0 Å². The van der Waals surface area contributed by atoms with Crippen LogP contribution in [0.5, 0.6) is 0 Å². The van der Waals surface area contributed by atoms with Crippen molar-refractivity contribution >= 4 is 15.9 Å². The van der Waals surface area contributed by atoms with Crippen LogP contribution in [0.4, 0.5) is 0 Å². The highest BCUT2D eigenvalue weighted by Crippen LogP contribution is 2.28. The Morgan fingerprint density at radius 3 is 2.73 bits per heavy atom. The van der Waals surface area contributed by atoms with Gasteiger partial charge in [-0.05, 0) is 48.3 Å². The zero-order chi connectivity index (χ0) is 11.3. The van der Waals surface area contributed by atoms with Gasteiger partial charge in [-0.25, -0.2) is 0 Å².